The summed E-state index contributed by atoms with van der Waals surface area (Å²) in [4.78, 5) is 17.8. The molecule has 0 bridgehead atoms. The highest BCUT2D eigenvalue weighted by molar-refractivity contribution is 5.65. The van der Waals surface area contributed by atoms with Gasteiger partial charge >= 0.3 is 11.9 Å². The van der Waals surface area contributed by atoms with Crippen LogP contribution in [0.1, 0.15) is 29.7 Å². The van der Waals surface area contributed by atoms with Crippen molar-refractivity contribution in [2.24, 2.45) is 0 Å². The Hall–Kier alpha value is -4.41. The minimum atomic E-state index is -4.41. The number of allylic oxidation sites excluding steroid dienone is 2. The molecule has 0 atom stereocenters. The topological polar surface area (TPSA) is 111 Å². The highest BCUT2D eigenvalue weighted by atomic mass is 19.4. The number of benzene rings is 2. The Morgan fingerprint density at radius 1 is 1.11 bits per heavy atom. The summed E-state index contributed by atoms with van der Waals surface area (Å²) in [5.41, 5.74) is 2.92. The summed E-state index contributed by atoms with van der Waals surface area (Å²) in [5.74, 6) is 0.685. The largest absolute Gasteiger partial charge is 0.492 e. The van der Waals surface area contributed by atoms with Crippen molar-refractivity contribution in [1.82, 2.24) is 9.97 Å². The molecule has 0 fully saturated rings. The van der Waals surface area contributed by atoms with E-state index in [4.69, 9.17) is 18.3 Å². The zero-order chi connectivity index (χ0) is 26.6. The Bertz CT molecular complexity index is 1450. The zero-order valence-electron chi connectivity index (χ0n) is 19.9. The quantitative estimate of drug-likeness (QED) is 0.289. The maximum Gasteiger partial charge on any atom is 0.422 e. The lowest BCUT2D eigenvalue weighted by molar-refractivity contribution is -0.153. The van der Waals surface area contributed by atoms with Crippen LogP contribution < -0.4 is 15.2 Å². The van der Waals surface area contributed by atoms with Crippen molar-refractivity contribution in [2.75, 3.05) is 6.61 Å². The molecule has 0 aliphatic carbocycles. The maximum atomic E-state index is 12.3. The molecule has 2 aromatic carbocycles. The second-order valence-electron chi connectivity index (χ2n) is 8.14. The Kier molecular flexibility index (Phi) is 7.42. The lowest BCUT2D eigenvalue weighted by Crippen LogP contribution is -2.19. The van der Waals surface area contributed by atoms with E-state index in [0.717, 1.165) is 11.1 Å². The Morgan fingerprint density at radius 3 is 2.54 bits per heavy atom. The van der Waals surface area contributed by atoms with Gasteiger partial charge in [0.1, 0.15) is 29.6 Å². The minimum Gasteiger partial charge on any atom is -0.492 e. The first-order chi connectivity index (χ1) is 17.6. The van der Waals surface area contributed by atoms with Crippen molar-refractivity contribution in [2.45, 2.75) is 33.1 Å². The number of hydrogen-bond acceptors (Lipinski definition) is 7. The number of aromatic nitrogens is 2. The molecule has 4 aromatic rings. The number of nitrogens with one attached hydrogen (secondary N) is 1. The molecule has 194 valence electrons. The summed E-state index contributed by atoms with van der Waals surface area (Å²) in [7, 11) is 0. The number of aromatic hydroxyl groups is 1. The van der Waals surface area contributed by atoms with Gasteiger partial charge in [0.25, 0.3) is 0 Å². The summed E-state index contributed by atoms with van der Waals surface area (Å²) >= 11 is 0. The standard InChI is InChI=1S/C26H23F3N2O6/c1-15(6-11-22-23(32)31-25(33)37-22)18-4-3-5-20(12-18)34-13-21-16(2)36-24(30-21)17-7-9-19(10-8-17)35-14-26(27,28)29/h3-10,12,32H,11,13-14H2,1-2H3,(H,31,33). The van der Waals surface area contributed by atoms with Crippen molar-refractivity contribution in [1.29, 1.82) is 0 Å². The average molecular weight is 516 g/mol. The molecule has 0 unspecified atom stereocenters. The van der Waals surface area contributed by atoms with Gasteiger partial charge < -0.3 is 23.4 Å². The monoisotopic (exact) mass is 516 g/mol. The van der Waals surface area contributed by atoms with Crippen LogP contribution in [0, 0.1) is 6.92 Å². The van der Waals surface area contributed by atoms with Crippen molar-refractivity contribution in [3.05, 3.63) is 87.9 Å². The van der Waals surface area contributed by atoms with Crippen LogP contribution in [0.5, 0.6) is 17.4 Å². The zero-order valence-corrected chi connectivity index (χ0v) is 19.9. The number of rotatable bonds is 9. The molecular formula is C26H23F3N2O6. The summed E-state index contributed by atoms with van der Waals surface area (Å²) in [6.07, 6.45) is -2.36. The van der Waals surface area contributed by atoms with Gasteiger partial charge in [0, 0.05) is 12.0 Å². The number of ether oxygens (including phenoxy) is 2. The van der Waals surface area contributed by atoms with E-state index < -0.39 is 18.5 Å². The fraction of sp³-hybridized carbons (Fsp3) is 0.231. The van der Waals surface area contributed by atoms with Crippen LogP contribution in [0.4, 0.5) is 13.2 Å². The number of aryl methyl sites for hydroxylation is 1. The van der Waals surface area contributed by atoms with Gasteiger partial charge in [-0.15, -0.1) is 0 Å². The average Bonchev–Trinajstić information content (AvgIpc) is 3.40. The van der Waals surface area contributed by atoms with Crippen LogP contribution >= 0.6 is 0 Å². The third-order valence-electron chi connectivity index (χ3n) is 5.36. The molecule has 8 nitrogen and oxygen atoms in total. The molecule has 11 heteroatoms. The van der Waals surface area contributed by atoms with E-state index >= 15 is 0 Å². The molecule has 2 aromatic heterocycles. The van der Waals surface area contributed by atoms with E-state index in [1.807, 2.05) is 31.2 Å². The summed E-state index contributed by atoms with van der Waals surface area (Å²) in [5, 5.41) is 9.64. The van der Waals surface area contributed by atoms with E-state index in [-0.39, 0.29) is 30.4 Å². The Morgan fingerprint density at radius 2 is 1.86 bits per heavy atom. The summed E-state index contributed by atoms with van der Waals surface area (Å²) in [6, 6.07) is 13.3. The molecule has 2 heterocycles. The summed E-state index contributed by atoms with van der Waals surface area (Å²) in [6.45, 7) is 2.40. The van der Waals surface area contributed by atoms with Crippen molar-refractivity contribution < 1.29 is 36.6 Å². The van der Waals surface area contributed by atoms with Crippen molar-refractivity contribution in [3.8, 4) is 28.8 Å². The van der Waals surface area contributed by atoms with Crippen LogP contribution in [0.2, 0.25) is 0 Å². The van der Waals surface area contributed by atoms with E-state index in [9.17, 15) is 23.1 Å². The van der Waals surface area contributed by atoms with Gasteiger partial charge in [-0.2, -0.15) is 13.2 Å². The molecule has 2 N–H and O–H groups in total. The number of hydrogen-bond donors (Lipinski definition) is 2. The Balaban J connectivity index is 1.39. The van der Waals surface area contributed by atoms with E-state index in [0.29, 0.717) is 28.7 Å². The van der Waals surface area contributed by atoms with Gasteiger partial charge in [-0.1, -0.05) is 18.2 Å². The number of halogens is 3. The normalized spacial score (nSPS) is 12.1. The number of alkyl halides is 3. The third-order valence-corrected chi connectivity index (χ3v) is 5.36. The molecule has 0 spiro atoms. The Labute approximate surface area is 209 Å². The van der Waals surface area contributed by atoms with Crippen LogP contribution in [0.25, 0.3) is 17.0 Å². The van der Waals surface area contributed by atoms with Crippen molar-refractivity contribution >= 4 is 5.57 Å². The van der Waals surface area contributed by atoms with Gasteiger partial charge in [-0.05, 0) is 61.4 Å². The van der Waals surface area contributed by atoms with E-state index in [1.165, 1.54) is 12.1 Å². The SMILES string of the molecule is CC(=CCc1oc(=O)[nH]c1O)c1cccc(OCc2nc(-c3ccc(OCC(F)(F)F)cc3)oc2C)c1. The van der Waals surface area contributed by atoms with Crippen LogP contribution in [-0.2, 0) is 13.0 Å². The van der Waals surface area contributed by atoms with Crippen LogP contribution in [0.3, 0.4) is 0 Å². The number of nitrogens with zero attached hydrogens (tertiary/aromatic N) is 1. The molecule has 0 saturated heterocycles. The van der Waals surface area contributed by atoms with Gasteiger partial charge in [0.2, 0.25) is 11.8 Å². The van der Waals surface area contributed by atoms with Gasteiger partial charge in [-0.3, -0.25) is 4.98 Å². The lowest BCUT2D eigenvalue weighted by Gasteiger charge is -2.09. The fourth-order valence-electron chi connectivity index (χ4n) is 3.38. The second kappa shape index (κ2) is 10.7. The highest BCUT2D eigenvalue weighted by Crippen LogP contribution is 2.27. The molecule has 37 heavy (non-hydrogen) atoms. The lowest BCUT2D eigenvalue weighted by atomic mass is 10.1. The van der Waals surface area contributed by atoms with Crippen molar-refractivity contribution in [3.63, 3.8) is 0 Å². The van der Waals surface area contributed by atoms with Gasteiger partial charge in [-0.25, -0.2) is 9.78 Å². The fourth-order valence-corrected chi connectivity index (χ4v) is 3.38. The molecule has 0 aliphatic heterocycles. The number of oxazole rings is 2. The van der Waals surface area contributed by atoms with E-state index in [1.54, 1.807) is 25.1 Å². The first kappa shape index (κ1) is 25.7. The first-order valence-electron chi connectivity index (χ1n) is 11.1. The minimum absolute atomic E-state index is 0.0894. The molecular weight excluding hydrogens is 493 g/mol. The summed E-state index contributed by atoms with van der Waals surface area (Å²) < 4.78 is 58.2. The highest BCUT2D eigenvalue weighted by Gasteiger charge is 2.28. The predicted molar refractivity (Wildman–Crippen MR) is 127 cm³/mol. The van der Waals surface area contributed by atoms with Gasteiger partial charge in [0.15, 0.2) is 12.4 Å². The second-order valence-corrected chi connectivity index (χ2v) is 8.14. The number of H-pyrrole nitrogens is 1. The molecule has 0 aliphatic rings. The van der Waals surface area contributed by atoms with Crippen LogP contribution in [0.15, 0.2) is 68.2 Å². The number of aromatic amines is 1. The van der Waals surface area contributed by atoms with Crippen LogP contribution in [-0.4, -0.2) is 27.9 Å². The maximum absolute atomic E-state index is 12.3. The van der Waals surface area contributed by atoms with E-state index in [2.05, 4.69) is 9.97 Å². The molecule has 0 saturated carbocycles. The predicted octanol–water partition coefficient (Wildman–Crippen LogP) is 5.80. The smallest absolute Gasteiger partial charge is 0.422 e. The first-order valence-corrected chi connectivity index (χ1v) is 11.1. The molecule has 0 radical (unpaired) electrons. The molecule has 4 rings (SSSR count). The molecule has 0 amide bonds. The van der Waals surface area contributed by atoms with Gasteiger partial charge in [0.05, 0.1) is 0 Å². The third kappa shape index (κ3) is 6.84.